The van der Waals surface area contributed by atoms with Crippen LogP contribution in [0.3, 0.4) is 0 Å². The molecular formula is C34H42ClN7O4. The fourth-order valence-corrected chi connectivity index (χ4v) is 5.63. The number of carbonyl (C=O) groups excluding carboxylic acids is 1. The minimum absolute atomic E-state index is 0. The summed E-state index contributed by atoms with van der Waals surface area (Å²) in [6.45, 7) is 9.38. The topological polar surface area (TPSA) is 141 Å². The maximum atomic E-state index is 12.7. The second-order valence-corrected chi connectivity index (χ2v) is 11.2. The lowest BCUT2D eigenvalue weighted by Gasteiger charge is -2.35. The zero-order valence-electron chi connectivity index (χ0n) is 26.9. The van der Waals surface area contributed by atoms with Gasteiger partial charge in [0.25, 0.3) is 5.91 Å². The Morgan fingerprint density at radius 3 is 2.17 bits per heavy atom. The Kier molecular flexibility index (Phi) is 11.3. The second-order valence-electron chi connectivity index (χ2n) is 11.2. The number of hydrogen-bond donors (Lipinski definition) is 3. The Bertz CT molecular complexity index is 1730. The van der Waals surface area contributed by atoms with E-state index in [0.717, 1.165) is 67.2 Å². The van der Waals surface area contributed by atoms with Crippen LogP contribution in [0.5, 0.6) is 17.2 Å². The number of nitrogens with zero attached hydrogens (tertiary/aromatic N) is 4. The Labute approximate surface area is 275 Å². The maximum absolute atomic E-state index is 12.7. The van der Waals surface area contributed by atoms with Crippen LogP contribution in [0.1, 0.15) is 32.7 Å². The van der Waals surface area contributed by atoms with Crippen LogP contribution in [-0.4, -0.2) is 74.2 Å². The summed E-state index contributed by atoms with van der Waals surface area (Å²) in [6, 6.07) is 18.0. The molecule has 244 valence electrons. The molecule has 1 amide bonds. The number of anilines is 2. The first-order chi connectivity index (χ1) is 21.7. The smallest absolute Gasteiger partial charge is 0.298 e. The minimum atomic E-state index is -0.590. The number of amides is 1. The van der Waals surface area contributed by atoms with Crippen LogP contribution in [0.15, 0.2) is 59.6 Å². The number of ether oxygens (including phenoxy) is 3. The lowest BCUT2D eigenvalue weighted by atomic mass is 10.1. The quantitative estimate of drug-likeness (QED) is 0.163. The molecule has 46 heavy (non-hydrogen) atoms. The number of halogens is 1. The molecule has 1 aliphatic heterocycles. The summed E-state index contributed by atoms with van der Waals surface area (Å²) in [5.41, 5.74) is 18.0. The first-order valence-corrected chi connectivity index (χ1v) is 14.8. The number of aryl methyl sites for hydroxylation is 2. The Hall–Kier alpha value is -4.58. The van der Waals surface area contributed by atoms with E-state index in [9.17, 15) is 4.79 Å². The van der Waals surface area contributed by atoms with E-state index in [1.165, 1.54) is 11.1 Å². The Balaban J connectivity index is 0.00000480. The molecule has 1 fully saturated rings. The predicted octanol–water partition coefficient (Wildman–Crippen LogP) is 4.77. The number of piperazine rings is 1. The molecule has 0 bridgehead atoms. The third-order valence-electron chi connectivity index (χ3n) is 8.16. The molecular weight excluding hydrogens is 606 g/mol. The van der Waals surface area contributed by atoms with Crippen molar-refractivity contribution in [1.29, 1.82) is 0 Å². The zero-order valence-corrected chi connectivity index (χ0v) is 27.7. The van der Waals surface area contributed by atoms with E-state index < -0.39 is 5.91 Å². The highest BCUT2D eigenvalue weighted by atomic mass is 35.5. The molecule has 1 saturated heterocycles. The van der Waals surface area contributed by atoms with Crippen LogP contribution >= 0.6 is 12.4 Å². The summed E-state index contributed by atoms with van der Waals surface area (Å²) < 4.78 is 16.7. The van der Waals surface area contributed by atoms with Gasteiger partial charge in [0.15, 0.2) is 17.5 Å². The Morgan fingerprint density at radius 2 is 1.54 bits per heavy atom. The van der Waals surface area contributed by atoms with E-state index in [2.05, 4.69) is 63.2 Å². The van der Waals surface area contributed by atoms with Gasteiger partial charge in [0, 0.05) is 55.9 Å². The first-order valence-electron chi connectivity index (χ1n) is 14.8. The summed E-state index contributed by atoms with van der Waals surface area (Å²) in [5, 5.41) is 4.41. The van der Waals surface area contributed by atoms with E-state index in [0.29, 0.717) is 22.8 Å². The van der Waals surface area contributed by atoms with Gasteiger partial charge in [0.2, 0.25) is 5.75 Å². The van der Waals surface area contributed by atoms with Gasteiger partial charge in [-0.3, -0.25) is 14.6 Å². The van der Waals surface area contributed by atoms with Crippen LogP contribution in [0.2, 0.25) is 0 Å². The molecule has 0 atom stereocenters. The number of rotatable bonds is 10. The number of carbonyl (C=O) groups is 1. The van der Waals surface area contributed by atoms with Gasteiger partial charge >= 0.3 is 0 Å². The third-order valence-corrected chi connectivity index (χ3v) is 8.16. The highest BCUT2D eigenvalue weighted by Gasteiger charge is 2.22. The number of nitrogens with one attached hydrogen (secondary N) is 1. The van der Waals surface area contributed by atoms with Gasteiger partial charge in [0.1, 0.15) is 5.69 Å². The fraction of sp³-hybridized carbons (Fsp3) is 0.324. The molecule has 0 unspecified atom stereocenters. The lowest BCUT2D eigenvalue weighted by Crippen LogP contribution is -2.45. The van der Waals surface area contributed by atoms with Crippen molar-refractivity contribution in [3.8, 4) is 17.2 Å². The summed E-state index contributed by atoms with van der Waals surface area (Å²) in [5.74, 6) is 1.08. The molecule has 0 saturated carbocycles. The third kappa shape index (κ3) is 7.79. The summed E-state index contributed by atoms with van der Waals surface area (Å²) in [4.78, 5) is 25.9. The van der Waals surface area contributed by atoms with Gasteiger partial charge in [-0.15, -0.1) is 12.4 Å². The van der Waals surface area contributed by atoms with Crippen molar-refractivity contribution < 1.29 is 19.0 Å². The van der Waals surface area contributed by atoms with Crippen LogP contribution in [-0.2, 0) is 13.1 Å². The molecule has 5 rings (SSSR count). The van der Waals surface area contributed by atoms with Gasteiger partial charge in [0.05, 0.1) is 32.5 Å². The number of fused-ring (bicyclic) bond motifs is 1. The van der Waals surface area contributed by atoms with Crippen LogP contribution < -0.4 is 31.0 Å². The van der Waals surface area contributed by atoms with Crippen molar-refractivity contribution in [3.63, 3.8) is 0 Å². The van der Waals surface area contributed by atoms with Gasteiger partial charge in [-0.2, -0.15) is 4.99 Å². The summed E-state index contributed by atoms with van der Waals surface area (Å²) in [6.07, 6.45) is 0. The lowest BCUT2D eigenvalue weighted by molar-refractivity contribution is 0.0998. The number of benzene rings is 3. The SMILES string of the molecule is COc1ccc(CN2CCN(Cc3ccc4nc(C(=O)N=C(N)N)cc(Nc5ccc(C)c(C)c5)c4c3)CC2)c(OC)c1OC.Cl. The zero-order chi connectivity index (χ0) is 32.1. The normalized spacial score (nSPS) is 13.5. The number of aliphatic imine (C=N–C) groups is 1. The number of methoxy groups -OCH3 is 3. The standard InChI is InChI=1S/C34H41N7O4.ClH/c1-21-6-9-25(16-22(21)2)37-28-18-29(33(42)39-34(35)36)38-27-10-7-23(17-26(27)28)19-40-12-14-41(15-13-40)20-24-8-11-30(43-3)32(45-5)31(24)44-4;/h6-11,16-18H,12-15,19-20H2,1-5H3,(H,37,38)(H4,35,36,39,42);1H. The molecule has 0 spiro atoms. The highest BCUT2D eigenvalue weighted by molar-refractivity contribution is 6.04. The van der Waals surface area contributed by atoms with Crippen molar-refractivity contribution in [2.45, 2.75) is 26.9 Å². The van der Waals surface area contributed by atoms with Crippen molar-refractivity contribution in [1.82, 2.24) is 14.8 Å². The molecule has 4 aromatic rings. The molecule has 3 aromatic carbocycles. The molecule has 5 N–H and O–H groups in total. The summed E-state index contributed by atoms with van der Waals surface area (Å²) >= 11 is 0. The van der Waals surface area contributed by atoms with E-state index in [1.807, 2.05) is 24.3 Å². The van der Waals surface area contributed by atoms with Crippen molar-refractivity contribution in [2.75, 3.05) is 52.8 Å². The Morgan fingerprint density at radius 1 is 0.848 bits per heavy atom. The van der Waals surface area contributed by atoms with Crippen LogP contribution in [0.4, 0.5) is 11.4 Å². The molecule has 0 radical (unpaired) electrons. The predicted molar refractivity (Wildman–Crippen MR) is 185 cm³/mol. The van der Waals surface area contributed by atoms with Crippen molar-refractivity contribution in [2.24, 2.45) is 16.5 Å². The second kappa shape index (κ2) is 15.1. The van der Waals surface area contributed by atoms with E-state index in [-0.39, 0.29) is 24.1 Å². The van der Waals surface area contributed by atoms with Gasteiger partial charge in [-0.1, -0.05) is 18.2 Å². The molecule has 1 aliphatic rings. The maximum Gasteiger partial charge on any atom is 0.298 e. The highest BCUT2D eigenvalue weighted by Crippen LogP contribution is 2.40. The molecule has 1 aromatic heterocycles. The molecule has 11 nitrogen and oxygen atoms in total. The van der Waals surface area contributed by atoms with Crippen molar-refractivity contribution in [3.05, 3.63) is 82.5 Å². The van der Waals surface area contributed by atoms with E-state index in [4.69, 9.17) is 25.7 Å². The van der Waals surface area contributed by atoms with Gasteiger partial charge < -0.3 is 31.0 Å². The number of hydrogen-bond acceptors (Lipinski definition) is 8. The first kappa shape index (κ1) is 34.3. The number of guanidine groups is 1. The average molecular weight is 648 g/mol. The number of pyridine rings is 1. The minimum Gasteiger partial charge on any atom is -0.493 e. The molecule has 0 aliphatic carbocycles. The van der Waals surface area contributed by atoms with Gasteiger partial charge in [-0.05, 0) is 66.9 Å². The fourth-order valence-electron chi connectivity index (χ4n) is 5.63. The molecule has 12 heteroatoms. The van der Waals surface area contributed by atoms with E-state index in [1.54, 1.807) is 27.4 Å². The van der Waals surface area contributed by atoms with Gasteiger partial charge in [-0.25, -0.2) is 4.98 Å². The van der Waals surface area contributed by atoms with Crippen molar-refractivity contribution >= 4 is 46.6 Å². The van der Waals surface area contributed by atoms with Crippen LogP contribution in [0.25, 0.3) is 10.9 Å². The summed E-state index contributed by atoms with van der Waals surface area (Å²) in [7, 11) is 4.90. The van der Waals surface area contributed by atoms with Crippen LogP contribution in [0, 0.1) is 13.8 Å². The van der Waals surface area contributed by atoms with E-state index >= 15 is 0 Å². The molecule has 2 heterocycles. The monoisotopic (exact) mass is 647 g/mol. The number of nitrogens with two attached hydrogens (primary N) is 2. The number of aromatic nitrogens is 1. The largest absolute Gasteiger partial charge is 0.493 e. The average Bonchev–Trinajstić information content (AvgIpc) is 3.03.